The van der Waals surface area contributed by atoms with E-state index in [0.29, 0.717) is 18.5 Å². The van der Waals surface area contributed by atoms with Gasteiger partial charge in [-0.05, 0) is 44.9 Å². The lowest BCUT2D eigenvalue weighted by Gasteiger charge is -2.30. The summed E-state index contributed by atoms with van der Waals surface area (Å²) < 4.78 is 0. The van der Waals surface area contributed by atoms with Crippen LogP contribution in [0.1, 0.15) is 54.6 Å². The Bertz CT molecular complexity index is 588. The van der Waals surface area contributed by atoms with Gasteiger partial charge in [0.15, 0.2) is 5.78 Å². The Kier molecular flexibility index (Phi) is 5.14. The number of nitrogens with one attached hydrogen (secondary N) is 3. The molecule has 1 aromatic rings. The van der Waals surface area contributed by atoms with Crippen LogP contribution in [0.4, 0.5) is 4.79 Å². The first-order valence-electron chi connectivity index (χ1n) is 8.86. The minimum Gasteiger partial charge on any atom is -0.335 e. The van der Waals surface area contributed by atoms with Crippen LogP contribution in [0.3, 0.4) is 0 Å². The lowest BCUT2D eigenvalue weighted by molar-refractivity contribution is 0.0872. The van der Waals surface area contributed by atoms with Gasteiger partial charge in [-0.15, -0.1) is 0 Å². The topological polar surface area (TPSA) is 83.1 Å². The molecule has 1 aromatic heterocycles. The van der Waals surface area contributed by atoms with Gasteiger partial charge in [-0.3, -0.25) is 9.78 Å². The van der Waals surface area contributed by atoms with Crippen LogP contribution in [0, 0.1) is 6.92 Å². The van der Waals surface area contributed by atoms with Gasteiger partial charge >= 0.3 is 6.03 Å². The van der Waals surface area contributed by atoms with Gasteiger partial charge in [0, 0.05) is 30.0 Å². The molecule has 6 heteroatoms. The quantitative estimate of drug-likeness (QED) is 0.737. The van der Waals surface area contributed by atoms with Gasteiger partial charge < -0.3 is 16.0 Å². The summed E-state index contributed by atoms with van der Waals surface area (Å²) in [5.41, 5.74) is 0.533. The number of ketones is 1. The molecule has 2 aliphatic rings. The molecule has 24 heavy (non-hydrogen) atoms. The fraction of sp³-hybridized carbons (Fsp3) is 0.611. The number of Topliss-reactive ketones (excluding diaryl/α,β-unsaturated/α-hetero) is 1. The zero-order valence-corrected chi connectivity index (χ0v) is 14.2. The molecule has 130 valence electrons. The lowest BCUT2D eigenvalue weighted by Crippen LogP contribution is -2.59. The summed E-state index contributed by atoms with van der Waals surface area (Å²) >= 11 is 0. The maximum absolute atomic E-state index is 13.0. The molecule has 0 bridgehead atoms. The summed E-state index contributed by atoms with van der Waals surface area (Å²) in [7, 11) is 0. The number of urea groups is 1. The van der Waals surface area contributed by atoms with E-state index in [1.54, 1.807) is 12.3 Å². The van der Waals surface area contributed by atoms with E-state index >= 15 is 0 Å². The molecule has 1 saturated carbocycles. The molecule has 2 heterocycles. The minimum atomic E-state index is -0.879. The number of aromatic nitrogens is 1. The van der Waals surface area contributed by atoms with Gasteiger partial charge in [0.2, 0.25) is 0 Å². The van der Waals surface area contributed by atoms with Gasteiger partial charge in [0.25, 0.3) is 0 Å². The SMILES string of the molecule is Cc1ccc(C(=O)[C@@]2(NC(=O)NC3CCCCC3)CCNC2)cn1. The number of hydrogen-bond donors (Lipinski definition) is 3. The Labute approximate surface area is 142 Å². The van der Waals surface area contributed by atoms with Gasteiger partial charge in [-0.25, -0.2) is 4.79 Å². The molecular weight excluding hydrogens is 304 g/mol. The Morgan fingerprint density at radius 3 is 2.67 bits per heavy atom. The van der Waals surface area contributed by atoms with E-state index in [-0.39, 0.29) is 17.9 Å². The number of hydrogen-bond acceptors (Lipinski definition) is 4. The van der Waals surface area contributed by atoms with Crippen molar-refractivity contribution in [3.8, 4) is 0 Å². The molecule has 0 unspecified atom stereocenters. The zero-order valence-electron chi connectivity index (χ0n) is 14.2. The maximum atomic E-state index is 13.0. The summed E-state index contributed by atoms with van der Waals surface area (Å²) in [5, 5.41) is 9.20. The second-order valence-corrected chi connectivity index (χ2v) is 6.96. The largest absolute Gasteiger partial charge is 0.335 e. The van der Waals surface area contributed by atoms with Crippen LogP contribution in [0.25, 0.3) is 0 Å². The summed E-state index contributed by atoms with van der Waals surface area (Å²) in [6.45, 7) is 3.06. The number of nitrogens with zero attached hydrogens (tertiary/aromatic N) is 1. The third-order valence-electron chi connectivity index (χ3n) is 5.06. The first kappa shape index (κ1) is 16.9. The molecule has 3 rings (SSSR count). The average Bonchev–Trinajstić information content (AvgIpc) is 3.05. The highest BCUT2D eigenvalue weighted by Gasteiger charge is 2.43. The molecule has 3 N–H and O–H groups in total. The Morgan fingerprint density at radius 2 is 2.04 bits per heavy atom. The fourth-order valence-corrected chi connectivity index (χ4v) is 3.61. The van der Waals surface area contributed by atoms with Crippen LogP contribution in [-0.2, 0) is 0 Å². The van der Waals surface area contributed by atoms with Crippen LogP contribution < -0.4 is 16.0 Å². The lowest BCUT2D eigenvalue weighted by atomic mass is 9.89. The van der Waals surface area contributed by atoms with Crippen molar-refractivity contribution in [2.75, 3.05) is 13.1 Å². The van der Waals surface area contributed by atoms with Crippen LogP contribution in [-0.4, -0.2) is 41.5 Å². The van der Waals surface area contributed by atoms with E-state index in [9.17, 15) is 9.59 Å². The van der Waals surface area contributed by atoms with Gasteiger partial charge in [-0.1, -0.05) is 19.3 Å². The van der Waals surface area contributed by atoms with Crippen molar-refractivity contribution in [2.45, 2.75) is 57.0 Å². The molecule has 2 amide bonds. The Morgan fingerprint density at radius 1 is 1.25 bits per heavy atom. The van der Waals surface area contributed by atoms with Crippen molar-refractivity contribution in [3.05, 3.63) is 29.6 Å². The highest BCUT2D eigenvalue weighted by Crippen LogP contribution is 2.22. The smallest absolute Gasteiger partial charge is 0.315 e. The summed E-state index contributed by atoms with van der Waals surface area (Å²) in [4.78, 5) is 29.6. The first-order valence-corrected chi connectivity index (χ1v) is 8.86. The summed E-state index contributed by atoms with van der Waals surface area (Å²) in [5.74, 6) is -0.0706. The normalized spacial score (nSPS) is 24.5. The average molecular weight is 330 g/mol. The highest BCUT2D eigenvalue weighted by molar-refractivity contribution is 6.05. The number of aryl methyl sites for hydroxylation is 1. The van der Waals surface area contributed by atoms with Crippen molar-refractivity contribution in [1.29, 1.82) is 0 Å². The summed E-state index contributed by atoms with van der Waals surface area (Å²) in [6, 6.07) is 3.59. The summed E-state index contributed by atoms with van der Waals surface area (Å²) in [6.07, 6.45) is 7.79. The van der Waals surface area contributed by atoms with Gasteiger partial charge in [0.1, 0.15) is 5.54 Å². The molecular formula is C18H26N4O2. The zero-order chi connectivity index (χ0) is 17.0. The minimum absolute atomic E-state index is 0.0706. The van der Waals surface area contributed by atoms with E-state index in [0.717, 1.165) is 37.9 Å². The van der Waals surface area contributed by atoms with E-state index < -0.39 is 5.54 Å². The van der Waals surface area contributed by atoms with Crippen molar-refractivity contribution in [2.24, 2.45) is 0 Å². The molecule has 0 aromatic carbocycles. The predicted octanol–water partition coefficient (Wildman–Crippen LogP) is 1.94. The second-order valence-electron chi connectivity index (χ2n) is 6.96. The number of carbonyl (C=O) groups is 2. The molecule has 0 radical (unpaired) electrons. The first-order chi connectivity index (χ1) is 11.6. The third kappa shape index (κ3) is 3.75. The molecule has 1 saturated heterocycles. The second kappa shape index (κ2) is 7.30. The van der Waals surface area contributed by atoms with E-state index in [2.05, 4.69) is 20.9 Å². The highest BCUT2D eigenvalue weighted by atomic mass is 16.2. The van der Waals surface area contributed by atoms with Gasteiger partial charge in [0.05, 0.1) is 0 Å². The third-order valence-corrected chi connectivity index (χ3v) is 5.06. The monoisotopic (exact) mass is 330 g/mol. The predicted molar refractivity (Wildman–Crippen MR) is 92.1 cm³/mol. The Hall–Kier alpha value is -1.95. The van der Waals surface area contributed by atoms with Gasteiger partial charge in [-0.2, -0.15) is 0 Å². The fourth-order valence-electron chi connectivity index (χ4n) is 3.61. The van der Waals surface area contributed by atoms with Crippen LogP contribution >= 0.6 is 0 Å². The van der Waals surface area contributed by atoms with E-state index in [4.69, 9.17) is 0 Å². The number of amides is 2. The van der Waals surface area contributed by atoms with Crippen molar-refractivity contribution in [3.63, 3.8) is 0 Å². The molecule has 0 spiro atoms. The molecule has 1 aliphatic heterocycles. The maximum Gasteiger partial charge on any atom is 0.315 e. The molecule has 2 fully saturated rings. The van der Waals surface area contributed by atoms with E-state index in [1.165, 1.54) is 6.42 Å². The van der Waals surface area contributed by atoms with E-state index in [1.807, 2.05) is 13.0 Å². The van der Waals surface area contributed by atoms with Crippen molar-refractivity contribution < 1.29 is 9.59 Å². The number of pyridine rings is 1. The van der Waals surface area contributed by atoms with Crippen LogP contribution in [0.2, 0.25) is 0 Å². The Balaban J connectivity index is 1.69. The van der Waals surface area contributed by atoms with Crippen molar-refractivity contribution in [1.82, 2.24) is 20.9 Å². The molecule has 6 nitrogen and oxygen atoms in total. The van der Waals surface area contributed by atoms with Crippen LogP contribution in [0.15, 0.2) is 18.3 Å². The van der Waals surface area contributed by atoms with Crippen LogP contribution in [0.5, 0.6) is 0 Å². The molecule has 1 atom stereocenters. The van der Waals surface area contributed by atoms with Crippen molar-refractivity contribution >= 4 is 11.8 Å². The number of rotatable bonds is 4. The number of carbonyl (C=O) groups excluding carboxylic acids is 2. The standard InChI is InChI=1S/C18H26N4O2/c1-13-7-8-14(11-20-13)16(23)18(9-10-19-12-18)22-17(24)21-15-5-3-2-4-6-15/h7-8,11,15,19H,2-6,9-10,12H2,1H3,(H2,21,22,24)/t18-/m1/s1. The molecule has 1 aliphatic carbocycles.